The minimum Gasteiger partial charge on any atom is -0.376 e. The summed E-state index contributed by atoms with van der Waals surface area (Å²) in [5.41, 5.74) is 21.0. The minimum absolute atomic E-state index is 0.0269. The van der Waals surface area contributed by atoms with Crippen LogP contribution in [0.5, 0.6) is 0 Å². The number of nitrogens with zero attached hydrogens (tertiary/aromatic N) is 2. The van der Waals surface area contributed by atoms with E-state index in [0.717, 1.165) is 0 Å². The summed E-state index contributed by atoms with van der Waals surface area (Å²) in [5.74, 6) is 0. The van der Waals surface area contributed by atoms with Crippen LogP contribution in [0.1, 0.15) is 52.7 Å². The fourth-order valence-electron chi connectivity index (χ4n) is 10.5. The van der Waals surface area contributed by atoms with Gasteiger partial charge < -0.3 is 9.71 Å². The second kappa shape index (κ2) is 15.2. The Labute approximate surface area is 393 Å². The van der Waals surface area contributed by atoms with Crippen LogP contribution in [-0.4, -0.2) is 6.85 Å². The van der Waals surface area contributed by atoms with E-state index in [1.54, 1.807) is 0 Å². The number of anilines is 5. The molecule has 2 nitrogen and oxygen atoms in total. The van der Waals surface area contributed by atoms with Crippen LogP contribution in [0.15, 0.2) is 200 Å². The third kappa shape index (κ3) is 6.61. The molecule has 1 aromatic heterocycles. The molecule has 0 unspecified atom stereocenters. The first kappa shape index (κ1) is 40.4. The predicted molar refractivity (Wildman–Crippen MR) is 287 cm³/mol. The first-order valence-corrected chi connectivity index (χ1v) is 24.1. The lowest BCUT2D eigenvalue weighted by molar-refractivity contribution is 0.590. The molecule has 318 valence electrons. The third-order valence-electron chi connectivity index (χ3n) is 14.0. The second-order valence-corrected chi connectivity index (χ2v) is 21.3. The molecule has 2 aliphatic heterocycles. The summed E-state index contributed by atoms with van der Waals surface area (Å²) in [4.78, 5) is 5.28. The zero-order chi connectivity index (χ0) is 44.9. The maximum Gasteiger partial charge on any atom is 0.333 e. The number of hydrogen-bond donors (Lipinski definition) is 0. The van der Waals surface area contributed by atoms with Gasteiger partial charge in [0.2, 0.25) is 0 Å². The van der Waals surface area contributed by atoms with Crippen LogP contribution >= 0.6 is 11.3 Å². The lowest BCUT2D eigenvalue weighted by Crippen LogP contribution is -2.61. The molecule has 66 heavy (non-hydrogen) atoms. The Morgan fingerprint density at radius 1 is 0.379 bits per heavy atom. The summed E-state index contributed by atoms with van der Waals surface area (Å²) in [5, 5.41) is 2.61. The van der Waals surface area contributed by atoms with Gasteiger partial charge in [0, 0.05) is 54.0 Å². The summed E-state index contributed by atoms with van der Waals surface area (Å²) in [6.45, 7) is 13.7. The van der Waals surface area contributed by atoms with Gasteiger partial charge >= 0.3 is 6.85 Å². The smallest absolute Gasteiger partial charge is 0.333 e. The number of rotatable bonds is 5. The molecule has 0 N–H and O–H groups in total. The molecule has 0 amide bonds. The molecule has 0 radical (unpaired) electrons. The van der Waals surface area contributed by atoms with E-state index < -0.39 is 0 Å². The molecule has 2 aliphatic rings. The Kier molecular flexibility index (Phi) is 9.31. The average Bonchev–Trinajstić information content (AvgIpc) is 3.71. The predicted octanol–water partition coefficient (Wildman–Crippen LogP) is 16.4. The summed E-state index contributed by atoms with van der Waals surface area (Å²) >= 11 is 1.89. The molecule has 0 spiro atoms. The second-order valence-electron chi connectivity index (χ2n) is 20.2. The van der Waals surface area contributed by atoms with Crippen molar-refractivity contribution in [2.24, 2.45) is 0 Å². The monoisotopic (exact) mass is 866 g/mol. The summed E-state index contributed by atoms with van der Waals surface area (Å²) in [7, 11) is 0. The topological polar surface area (TPSA) is 6.48 Å². The quantitative estimate of drug-likeness (QED) is 0.159. The number of thiophene rings is 1. The Hall–Kier alpha value is -7.14. The van der Waals surface area contributed by atoms with E-state index in [2.05, 4.69) is 251 Å². The molecule has 12 rings (SSSR count). The van der Waals surface area contributed by atoms with Crippen LogP contribution in [0.25, 0.3) is 64.7 Å². The lowest BCUT2D eigenvalue weighted by Gasteiger charge is -2.46. The lowest BCUT2D eigenvalue weighted by atomic mass is 9.43. The first-order valence-electron chi connectivity index (χ1n) is 23.3. The number of fused-ring (bicyclic) bond motifs is 7. The van der Waals surface area contributed by atoms with Crippen LogP contribution in [0.2, 0.25) is 0 Å². The molecule has 3 heterocycles. The fraction of sp³-hybridized carbons (Fsp3) is 0.129. The maximum absolute atomic E-state index is 2.65. The van der Waals surface area contributed by atoms with E-state index in [-0.39, 0.29) is 17.7 Å². The zero-order valence-electron chi connectivity index (χ0n) is 38.4. The van der Waals surface area contributed by atoms with E-state index in [4.69, 9.17) is 0 Å². The molecule has 0 atom stereocenters. The molecule has 4 heteroatoms. The highest BCUT2D eigenvalue weighted by Crippen LogP contribution is 2.52. The number of hydrogen-bond acceptors (Lipinski definition) is 3. The molecular weight excluding hydrogens is 816 g/mol. The van der Waals surface area contributed by atoms with Gasteiger partial charge in [-0.05, 0) is 127 Å². The first-order chi connectivity index (χ1) is 32.0. The highest BCUT2D eigenvalue weighted by atomic mass is 32.1. The molecule has 0 saturated heterocycles. The molecule has 0 saturated carbocycles. The van der Waals surface area contributed by atoms with Crippen molar-refractivity contribution >= 4 is 77.7 Å². The van der Waals surface area contributed by atoms with Gasteiger partial charge in [-0.25, -0.2) is 0 Å². The molecule has 10 aromatic rings. The molecule has 9 aromatic carbocycles. The van der Waals surface area contributed by atoms with Gasteiger partial charge in [0.25, 0.3) is 0 Å². The summed E-state index contributed by atoms with van der Waals surface area (Å²) < 4.78 is 2.60. The van der Waals surface area contributed by atoms with Crippen molar-refractivity contribution in [3.05, 3.63) is 211 Å². The van der Waals surface area contributed by atoms with Crippen LogP contribution in [-0.2, 0) is 10.8 Å². The van der Waals surface area contributed by atoms with E-state index in [9.17, 15) is 0 Å². The third-order valence-corrected chi connectivity index (χ3v) is 15.1. The van der Waals surface area contributed by atoms with Gasteiger partial charge in [-0.1, -0.05) is 181 Å². The number of benzene rings is 9. The highest BCUT2D eigenvalue weighted by Gasteiger charge is 2.46. The zero-order valence-corrected chi connectivity index (χ0v) is 39.2. The molecule has 0 bridgehead atoms. The van der Waals surface area contributed by atoms with E-state index >= 15 is 0 Å². The summed E-state index contributed by atoms with van der Waals surface area (Å²) in [6.07, 6.45) is 0. The van der Waals surface area contributed by atoms with E-state index in [1.807, 2.05) is 11.3 Å². The van der Waals surface area contributed by atoms with Crippen molar-refractivity contribution in [3.63, 3.8) is 0 Å². The van der Waals surface area contributed by atoms with E-state index in [1.165, 1.54) is 115 Å². The fourth-order valence-corrected chi connectivity index (χ4v) is 11.6. The van der Waals surface area contributed by atoms with Gasteiger partial charge in [0.15, 0.2) is 0 Å². The molecule has 0 fully saturated rings. The molecular formula is C62H51BN2S. The Bertz CT molecular complexity index is 3490. The van der Waals surface area contributed by atoms with Crippen LogP contribution < -0.4 is 20.6 Å². The van der Waals surface area contributed by atoms with E-state index in [0.29, 0.717) is 0 Å². The van der Waals surface area contributed by atoms with Crippen molar-refractivity contribution in [2.45, 2.75) is 52.4 Å². The standard InChI is InChI=1S/C62H51BN2S/c1-61(2,3)45-27-30-47(31-28-45)65-55-32-26-43(40-18-10-7-11-19-40)34-50(55)52-35-44(41-20-12-8-13-21-41)36-57-60(52)63(65)53-38-51-48-24-16-17-25-58(48)66-59(51)39-56(53)64(57)54-33-29-46(62(4,5)6)37-49(54)42-22-14-9-15-23-42/h7-39H,1-6H3. The summed E-state index contributed by atoms with van der Waals surface area (Å²) in [6, 6.07) is 75.6. The van der Waals surface area contributed by atoms with Crippen molar-refractivity contribution in [2.75, 3.05) is 9.71 Å². The van der Waals surface area contributed by atoms with Gasteiger partial charge in [-0.3, -0.25) is 0 Å². The molecule has 0 aliphatic carbocycles. The van der Waals surface area contributed by atoms with Crippen LogP contribution in [0.3, 0.4) is 0 Å². The van der Waals surface area contributed by atoms with Crippen molar-refractivity contribution < 1.29 is 0 Å². The Morgan fingerprint density at radius 2 is 0.970 bits per heavy atom. The SMILES string of the molecule is CC(C)(C)c1ccc(N2B3c4cc5c(cc4N(c4ccc(C(C)(C)C)cc4-c4ccccc4)c4cc(-c6ccccc6)cc(c43)-c3cc(-c4ccccc4)ccc32)sc2ccccc25)cc1. The maximum atomic E-state index is 2.65. The van der Waals surface area contributed by atoms with Crippen molar-refractivity contribution in [1.29, 1.82) is 0 Å². The largest absolute Gasteiger partial charge is 0.376 e. The van der Waals surface area contributed by atoms with Gasteiger partial charge in [-0.15, -0.1) is 11.3 Å². The van der Waals surface area contributed by atoms with Crippen molar-refractivity contribution in [3.8, 4) is 44.5 Å². The Morgan fingerprint density at radius 3 is 1.65 bits per heavy atom. The average molecular weight is 867 g/mol. The van der Waals surface area contributed by atoms with Gasteiger partial charge in [-0.2, -0.15) is 0 Å². The minimum atomic E-state index is -0.126. The normalized spacial score (nSPS) is 13.2. The van der Waals surface area contributed by atoms with Gasteiger partial charge in [0.1, 0.15) is 0 Å². The highest BCUT2D eigenvalue weighted by molar-refractivity contribution is 7.26. The van der Waals surface area contributed by atoms with Gasteiger partial charge in [0.05, 0.1) is 5.69 Å². The van der Waals surface area contributed by atoms with Crippen LogP contribution in [0, 0.1) is 0 Å². The van der Waals surface area contributed by atoms with Crippen molar-refractivity contribution in [1.82, 2.24) is 0 Å². The van der Waals surface area contributed by atoms with Crippen LogP contribution in [0.4, 0.5) is 28.4 Å². The Balaban J connectivity index is 1.24.